The zero-order chi connectivity index (χ0) is 37.0. The van der Waals surface area contributed by atoms with Crippen molar-refractivity contribution in [2.24, 2.45) is 0 Å². The quantitative estimate of drug-likeness (QED) is 0.0350. The molecule has 0 saturated carbocycles. The highest BCUT2D eigenvalue weighted by molar-refractivity contribution is 5.80. The second-order valence-electron chi connectivity index (χ2n) is 14.4. The van der Waals surface area contributed by atoms with Gasteiger partial charge in [0.15, 0.2) is 6.29 Å². The van der Waals surface area contributed by atoms with Gasteiger partial charge in [-0.3, -0.25) is 4.79 Å². The number of aliphatic hydroxyl groups excluding tert-OH is 7. The summed E-state index contributed by atoms with van der Waals surface area (Å²) in [6, 6.07) is -1.16. The zero-order valence-electron chi connectivity index (χ0n) is 31.4. The fraction of sp³-hybridized carbons (Fsp3) is 0.923. The monoisotopic (exact) mass is 718 g/mol. The minimum absolute atomic E-state index is 0.253. The van der Waals surface area contributed by atoms with Gasteiger partial charge in [0, 0.05) is 0 Å². The van der Waals surface area contributed by atoms with E-state index in [1.165, 1.54) is 70.6 Å². The molecule has 1 aliphatic rings. The zero-order valence-corrected chi connectivity index (χ0v) is 31.4. The van der Waals surface area contributed by atoms with Gasteiger partial charge in [0.1, 0.15) is 36.6 Å². The van der Waals surface area contributed by atoms with Crippen LogP contribution in [0.25, 0.3) is 0 Å². The van der Waals surface area contributed by atoms with Gasteiger partial charge >= 0.3 is 0 Å². The van der Waals surface area contributed by atoms with E-state index >= 15 is 0 Å². The van der Waals surface area contributed by atoms with Crippen LogP contribution >= 0.6 is 0 Å². The molecule has 0 aromatic rings. The highest BCUT2D eigenvalue weighted by Gasteiger charge is 2.44. The van der Waals surface area contributed by atoms with E-state index in [1.54, 1.807) is 0 Å². The van der Waals surface area contributed by atoms with Crippen molar-refractivity contribution in [1.82, 2.24) is 5.32 Å². The smallest absolute Gasteiger partial charge is 0.249 e. The standard InChI is InChI=1S/C39H75NO10/c1-3-5-7-9-10-11-12-13-14-15-16-17-18-19-20-21-22-23-25-27-32(43)38(48)40-30(34(44)31(42)26-24-8-6-4-2)29-49-39-37(47)36(46)35(45)33(28-41)50-39/h16-17,30-37,39,41-47H,3-15,18-29H2,1-2H3,(H,40,48)/b17-16-. The SMILES string of the molecule is CCCCCCCCCCC/C=C\CCCCCCCCC(O)C(=O)NC(COC1OC(CO)C(O)C(O)C1O)C(O)C(O)CCCCCC. The van der Waals surface area contributed by atoms with Gasteiger partial charge in [0.05, 0.1) is 25.4 Å². The molecule has 1 rings (SSSR count). The molecule has 8 N–H and O–H groups in total. The Morgan fingerprint density at radius 1 is 0.680 bits per heavy atom. The minimum Gasteiger partial charge on any atom is -0.394 e. The third kappa shape index (κ3) is 20.8. The van der Waals surface area contributed by atoms with E-state index < -0.39 is 74.2 Å². The van der Waals surface area contributed by atoms with Crippen LogP contribution < -0.4 is 5.32 Å². The Labute approximate surface area is 302 Å². The number of carbonyl (C=O) groups is 1. The van der Waals surface area contributed by atoms with E-state index in [-0.39, 0.29) is 6.42 Å². The lowest BCUT2D eigenvalue weighted by molar-refractivity contribution is -0.303. The Kier molecular flexibility index (Phi) is 28.4. The summed E-state index contributed by atoms with van der Waals surface area (Å²) in [4.78, 5) is 12.9. The number of hydrogen-bond donors (Lipinski definition) is 8. The van der Waals surface area contributed by atoms with Gasteiger partial charge < -0.3 is 50.5 Å². The number of nitrogens with one attached hydrogen (secondary N) is 1. The third-order valence-corrected chi connectivity index (χ3v) is 9.82. The van der Waals surface area contributed by atoms with Crippen LogP contribution in [0.3, 0.4) is 0 Å². The molecule has 0 aromatic heterocycles. The van der Waals surface area contributed by atoms with Crippen LogP contribution in [0.5, 0.6) is 0 Å². The van der Waals surface area contributed by atoms with Crippen molar-refractivity contribution in [3.05, 3.63) is 12.2 Å². The first kappa shape index (κ1) is 46.9. The van der Waals surface area contributed by atoms with Gasteiger partial charge in [-0.05, 0) is 38.5 Å². The first-order valence-corrected chi connectivity index (χ1v) is 20.1. The minimum atomic E-state index is -1.66. The molecule has 0 aromatic carbocycles. The lowest BCUT2D eigenvalue weighted by Gasteiger charge is -2.40. The number of rotatable bonds is 32. The molecule has 1 aliphatic heterocycles. The van der Waals surface area contributed by atoms with E-state index in [0.717, 1.165) is 51.4 Å². The molecule has 1 fully saturated rings. The molecule has 0 spiro atoms. The number of ether oxygens (including phenoxy) is 2. The van der Waals surface area contributed by atoms with Gasteiger partial charge in [-0.1, -0.05) is 135 Å². The normalized spacial score (nSPS) is 23.6. The van der Waals surface area contributed by atoms with Crippen LogP contribution in [0.2, 0.25) is 0 Å². The van der Waals surface area contributed by atoms with Crippen molar-refractivity contribution < 1.29 is 50.0 Å². The summed E-state index contributed by atoms with van der Waals surface area (Å²) in [6.45, 7) is 3.27. The average molecular weight is 718 g/mol. The number of hydrogen-bond acceptors (Lipinski definition) is 10. The summed E-state index contributed by atoms with van der Waals surface area (Å²) in [7, 11) is 0. The van der Waals surface area contributed by atoms with Crippen LogP contribution in [0.15, 0.2) is 12.2 Å². The van der Waals surface area contributed by atoms with Crippen LogP contribution in [0.1, 0.15) is 162 Å². The molecule has 1 heterocycles. The third-order valence-electron chi connectivity index (χ3n) is 9.82. The molecule has 50 heavy (non-hydrogen) atoms. The Hall–Kier alpha value is -1.15. The summed E-state index contributed by atoms with van der Waals surface area (Å²) in [5.74, 6) is -0.709. The molecule has 9 unspecified atom stereocenters. The second-order valence-corrected chi connectivity index (χ2v) is 14.4. The molecule has 11 heteroatoms. The predicted octanol–water partition coefficient (Wildman–Crippen LogP) is 4.94. The molecule has 11 nitrogen and oxygen atoms in total. The molecule has 0 aliphatic carbocycles. The average Bonchev–Trinajstić information content (AvgIpc) is 3.11. The van der Waals surface area contributed by atoms with Gasteiger partial charge in [0.2, 0.25) is 5.91 Å². The van der Waals surface area contributed by atoms with Crippen LogP contribution in [-0.4, -0.2) is 110 Å². The molecule has 9 atom stereocenters. The second kappa shape index (κ2) is 30.3. The summed E-state index contributed by atoms with van der Waals surface area (Å²) in [5, 5.41) is 74.6. The number of aliphatic hydroxyl groups is 7. The van der Waals surface area contributed by atoms with E-state index in [9.17, 15) is 40.5 Å². The fourth-order valence-corrected chi connectivity index (χ4v) is 6.37. The van der Waals surface area contributed by atoms with Gasteiger partial charge in [-0.25, -0.2) is 0 Å². The maximum Gasteiger partial charge on any atom is 0.249 e. The topological polar surface area (TPSA) is 189 Å². The van der Waals surface area contributed by atoms with Crippen LogP contribution in [-0.2, 0) is 14.3 Å². The maximum atomic E-state index is 12.9. The molecule has 1 amide bonds. The number of amides is 1. The van der Waals surface area contributed by atoms with E-state index in [1.807, 2.05) is 0 Å². The first-order valence-electron chi connectivity index (χ1n) is 20.1. The molecule has 1 saturated heterocycles. The number of allylic oxidation sites excluding steroid dienone is 2. The Bertz CT molecular complexity index is 831. The van der Waals surface area contributed by atoms with Crippen molar-refractivity contribution in [3.63, 3.8) is 0 Å². The summed E-state index contributed by atoms with van der Waals surface area (Å²) >= 11 is 0. The molecule has 0 radical (unpaired) electrons. The highest BCUT2D eigenvalue weighted by Crippen LogP contribution is 2.23. The van der Waals surface area contributed by atoms with E-state index in [0.29, 0.717) is 19.3 Å². The predicted molar refractivity (Wildman–Crippen MR) is 196 cm³/mol. The van der Waals surface area contributed by atoms with Crippen LogP contribution in [0.4, 0.5) is 0 Å². The van der Waals surface area contributed by atoms with Crippen molar-refractivity contribution in [3.8, 4) is 0 Å². The van der Waals surface area contributed by atoms with Crippen molar-refractivity contribution in [2.75, 3.05) is 13.2 Å². The van der Waals surface area contributed by atoms with E-state index in [4.69, 9.17) is 9.47 Å². The summed E-state index contributed by atoms with van der Waals surface area (Å²) in [6.07, 6.45) is 17.8. The van der Waals surface area contributed by atoms with Gasteiger partial charge in [0.25, 0.3) is 0 Å². The Morgan fingerprint density at radius 2 is 1.16 bits per heavy atom. The number of unbranched alkanes of at least 4 members (excludes halogenated alkanes) is 18. The highest BCUT2D eigenvalue weighted by atomic mass is 16.7. The molecule has 296 valence electrons. The summed E-state index contributed by atoms with van der Waals surface area (Å²) in [5.41, 5.74) is 0. The van der Waals surface area contributed by atoms with Crippen molar-refractivity contribution in [1.29, 1.82) is 0 Å². The molecule has 0 bridgehead atoms. The van der Waals surface area contributed by atoms with Gasteiger partial charge in [-0.2, -0.15) is 0 Å². The van der Waals surface area contributed by atoms with Crippen LogP contribution in [0, 0.1) is 0 Å². The molecular formula is C39H75NO10. The maximum absolute atomic E-state index is 12.9. The lowest BCUT2D eigenvalue weighted by Crippen LogP contribution is -2.60. The Balaban J connectivity index is 2.36. The van der Waals surface area contributed by atoms with Crippen molar-refractivity contribution >= 4 is 5.91 Å². The summed E-state index contributed by atoms with van der Waals surface area (Å²) < 4.78 is 11.0. The number of carbonyl (C=O) groups excluding carboxylic acids is 1. The fourth-order valence-electron chi connectivity index (χ4n) is 6.37. The van der Waals surface area contributed by atoms with Crippen molar-refractivity contribution in [2.45, 2.75) is 217 Å². The first-order chi connectivity index (χ1) is 24.2. The molecular weight excluding hydrogens is 642 g/mol. The largest absolute Gasteiger partial charge is 0.394 e. The lowest BCUT2D eigenvalue weighted by atomic mass is 9.98. The van der Waals surface area contributed by atoms with E-state index in [2.05, 4.69) is 31.3 Å². The Morgan fingerprint density at radius 3 is 1.70 bits per heavy atom. The van der Waals surface area contributed by atoms with Gasteiger partial charge in [-0.15, -0.1) is 0 Å².